The number of aromatic hydroxyl groups is 1. The minimum atomic E-state index is -1.32. The number of hydrogen-bond donors (Lipinski definition) is 5. The molecule has 0 aliphatic carbocycles. The molecule has 160 valence electrons. The predicted molar refractivity (Wildman–Crippen MR) is 108 cm³/mol. The Morgan fingerprint density at radius 1 is 1.00 bits per heavy atom. The standard InChI is InChI=1S/C21H25N3O6/c1-13(25)18(19(22)27)24-20(28)17(11-14-7-9-16(26)10-8-14)23-21(29)30-12-15-5-3-2-4-6-15/h2-10,13,17-18,25-26H,11-12H2,1H3,(H2,22,27)(H,23,29)(H,24,28)/t13-,17-,18-/m0/s1. The Balaban J connectivity index is 2.09. The molecule has 9 heteroatoms. The topological polar surface area (TPSA) is 151 Å². The molecule has 3 amide bonds. The van der Waals surface area contributed by atoms with E-state index < -0.39 is 36.1 Å². The summed E-state index contributed by atoms with van der Waals surface area (Å²) in [5.41, 5.74) is 6.63. The van der Waals surface area contributed by atoms with Crippen LogP contribution in [0.25, 0.3) is 0 Å². The molecular formula is C21H25N3O6. The molecule has 0 saturated heterocycles. The molecule has 0 aromatic heterocycles. The first-order valence-corrected chi connectivity index (χ1v) is 9.29. The van der Waals surface area contributed by atoms with Crippen LogP contribution < -0.4 is 16.4 Å². The number of nitrogens with two attached hydrogens (primary N) is 1. The predicted octanol–water partition coefficient (Wildman–Crippen LogP) is 0.581. The van der Waals surface area contributed by atoms with E-state index in [2.05, 4.69) is 10.6 Å². The van der Waals surface area contributed by atoms with Crippen molar-refractivity contribution in [1.29, 1.82) is 0 Å². The molecule has 9 nitrogen and oxygen atoms in total. The number of amides is 3. The van der Waals surface area contributed by atoms with Crippen molar-refractivity contribution >= 4 is 17.9 Å². The molecule has 3 atom stereocenters. The van der Waals surface area contributed by atoms with Crippen molar-refractivity contribution in [1.82, 2.24) is 10.6 Å². The van der Waals surface area contributed by atoms with Gasteiger partial charge in [0.25, 0.3) is 0 Å². The second-order valence-corrected chi connectivity index (χ2v) is 6.76. The summed E-state index contributed by atoms with van der Waals surface area (Å²) < 4.78 is 5.15. The van der Waals surface area contributed by atoms with Crippen LogP contribution in [0.4, 0.5) is 4.79 Å². The molecule has 0 fully saturated rings. The second-order valence-electron chi connectivity index (χ2n) is 6.76. The van der Waals surface area contributed by atoms with E-state index in [1.54, 1.807) is 36.4 Å². The number of aliphatic hydroxyl groups is 1. The van der Waals surface area contributed by atoms with Gasteiger partial charge in [-0.3, -0.25) is 9.59 Å². The summed E-state index contributed by atoms with van der Waals surface area (Å²) in [4.78, 5) is 36.4. The normalized spacial score (nSPS) is 13.5. The number of phenols is 1. The molecule has 2 aromatic rings. The van der Waals surface area contributed by atoms with E-state index in [4.69, 9.17) is 10.5 Å². The van der Waals surface area contributed by atoms with Gasteiger partial charge in [0.1, 0.15) is 24.4 Å². The van der Waals surface area contributed by atoms with Gasteiger partial charge in [0.15, 0.2) is 0 Å². The Hall–Kier alpha value is -3.59. The van der Waals surface area contributed by atoms with Gasteiger partial charge in [-0.05, 0) is 30.2 Å². The molecule has 0 bridgehead atoms. The molecule has 0 aliphatic heterocycles. The summed E-state index contributed by atoms with van der Waals surface area (Å²) in [6.07, 6.45) is -1.99. The van der Waals surface area contributed by atoms with E-state index in [-0.39, 0.29) is 18.8 Å². The molecular weight excluding hydrogens is 390 g/mol. The van der Waals surface area contributed by atoms with Crippen LogP contribution in [0.1, 0.15) is 18.1 Å². The van der Waals surface area contributed by atoms with Gasteiger partial charge in [-0.1, -0.05) is 42.5 Å². The van der Waals surface area contributed by atoms with Crippen molar-refractivity contribution in [2.24, 2.45) is 5.73 Å². The van der Waals surface area contributed by atoms with Gasteiger partial charge in [-0.15, -0.1) is 0 Å². The fraction of sp³-hybridized carbons (Fsp3) is 0.286. The number of primary amides is 1. The van der Waals surface area contributed by atoms with Gasteiger partial charge in [0, 0.05) is 6.42 Å². The molecule has 0 saturated carbocycles. The smallest absolute Gasteiger partial charge is 0.408 e. The fourth-order valence-corrected chi connectivity index (χ4v) is 2.67. The van der Waals surface area contributed by atoms with Gasteiger partial charge in [0.2, 0.25) is 11.8 Å². The zero-order valence-corrected chi connectivity index (χ0v) is 16.4. The number of rotatable bonds is 9. The third-order valence-corrected chi connectivity index (χ3v) is 4.28. The number of aliphatic hydroxyl groups excluding tert-OH is 1. The first-order valence-electron chi connectivity index (χ1n) is 9.29. The van der Waals surface area contributed by atoms with Gasteiger partial charge >= 0.3 is 6.09 Å². The average molecular weight is 415 g/mol. The summed E-state index contributed by atoms with van der Waals surface area (Å²) in [7, 11) is 0. The van der Waals surface area contributed by atoms with Crippen LogP contribution in [0, 0.1) is 0 Å². The van der Waals surface area contributed by atoms with Gasteiger partial charge < -0.3 is 31.3 Å². The fourth-order valence-electron chi connectivity index (χ4n) is 2.67. The lowest BCUT2D eigenvalue weighted by atomic mass is 10.0. The Morgan fingerprint density at radius 3 is 2.20 bits per heavy atom. The highest BCUT2D eigenvalue weighted by Crippen LogP contribution is 2.12. The maximum absolute atomic E-state index is 12.7. The van der Waals surface area contributed by atoms with E-state index in [1.807, 2.05) is 6.07 Å². The number of alkyl carbamates (subject to hydrolysis) is 1. The number of carbonyl (C=O) groups excluding carboxylic acids is 3. The van der Waals surface area contributed by atoms with Crippen molar-refractivity contribution in [3.8, 4) is 5.75 Å². The Bertz CT molecular complexity index is 855. The number of benzene rings is 2. The summed E-state index contributed by atoms with van der Waals surface area (Å²) in [6.45, 7) is 1.32. The van der Waals surface area contributed by atoms with Crippen LogP contribution >= 0.6 is 0 Å². The van der Waals surface area contributed by atoms with Crippen LogP contribution in [0.3, 0.4) is 0 Å². The third kappa shape index (κ3) is 7.10. The molecule has 0 spiro atoms. The molecule has 2 aromatic carbocycles. The van der Waals surface area contributed by atoms with Crippen LogP contribution in [0.5, 0.6) is 5.75 Å². The van der Waals surface area contributed by atoms with Crippen LogP contribution in [0.2, 0.25) is 0 Å². The van der Waals surface area contributed by atoms with Gasteiger partial charge in [-0.25, -0.2) is 4.79 Å². The monoisotopic (exact) mass is 415 g/mol. The van der Waals surface area contributed by atoms with Crippen molar-refractivity contribution in [3.05, 3.63) is 65.7 Å². The number of ether oxygens (including phenoxy) is 1. The molecule has 0 heterocycles. The molecule has 0 aliphatic rings. The van der Waals surface area contributed by atoms with E-state index in [0.717, 1.165) is 5.56 Å². The van der Waals surface area contributed by atoms with Crippen LogP contribution in [0.15, 0.2) is 54.6 Å². The zero-order chi connectivity index (χ0) is 22.1. The summed E-state index contributed by atoms with van der Waals surface area (Å²) in [5.74, 6) is -1.57. The first-order chi connectivity index (χ1) is 14.3. The highest BCUT2D eigenvalue weighted by molar-refractivity contribution is 5.91. The largest absolute Gasteiger partial charge is 0.508 e. The Kier molecular flexibility index (Phi) is 8.18. The second kappa shape index (κ2) is 10.8. The maximum atomic E-state index is 12.7. The summed E-state index contributed by atoms with van der Waals surface area (Å²) in [5, 5.41) is 23.9. The van der Waals surface area contributed by atoms with E-state index >= 15 is 0 Å². The van der Waals surface area contributed by atoms with E-state index in [9.17, 15) is 24.6 Å². The maximum Gasteiger partial charge on any atom is 0.408 e. The van der Waals surface area contributed by atoms with Crippen molar-refractivity contribution in [2.45, 2.75) is 38.1 Å². The minimum Gasteiger partial charge on any atom is -0.508 e. The lowest BCUT2D eigenvalue weighted by Gasteiger charge is -2.23. The highest BCUT2D eigenvalue weighted by Gasteiger charge is 2.29. The molecule has 0 unspecified atom stereocenters. The third-order valence-electron chi connectivity index (χ3n) is 4.28. The SMILES string of the molecule is C[C@H](O)[C@H](NC(=O)[C@H](Cc1ccc(O)cc1)NC(=O)OCc1ccccc1)C(N)=O. The number of nitrogens with one attached hydrogen (secondary N) is 2. The highest BCUT2D eigenvalue weighted by atomic mass is 16.5. The molecule has 30 heavy (non-hydrogen) atoms. The molecule has 0 radical (unpaired) electrons. The zero-order valence-electron chi connectivity index (χ0n) is 16.4. The molecule has 6 N–H and O–H groups in total. The van der Waals surface area contributed by atoms with Crippen molar-refractivity contribution in [2.75, 3.05) is 0 Å². The quantitative estimate of drug-likeness (QED) is 0.404. The summed E-state index contributed by atoms with van der Waals surface area (Å²) >= 11 is 0. The lowest BCUT2D eigenvalue weighted by Crippen LogP contribution is -2.56. The minimum absolute atomic E-state index is 0.0117. The first kappa shape index (κ1) is 22.7. The van der Waals surface area contributed by atoms with Gasteiger partial charge in [-0.2, -0.15) is 0 Å². The number of carbonyl (C=O) groups is 3. The average Bonchev–Trinajstić information content (AvgIpc) is 2.71. The molecule has 2 rings (SSSR count). The number of hydrogen-bond acceptors (Lipinski definition) is 6. The lowest BCUT2D eigenvalue weighted by molar-refractivity contribution is -0.130. The Labute approximate surface area is 173 Å². The Morgan fingerprint density at radius 2 is 1.63 bits per heavy atom. The van der Waals surface area contributed by atoms with Crippen molar-refractivity contribution in [3.63, 3.8) is 0 Å². The van der Waals surface area contributed by atoms with E-state index in [0.29, 0.717) is 5.56 Å². The summed E-state index contributed by atoms with van der Waals surface area (Å²) in [6, 6.07) is 12.6. The number of phenolic OH excluding ortho intramolecular Hbond substituents is 1. The van der Waals surface area contributed by atoms with Gasteiger partial charge in [0.05, 0.1) is 6.10 Å². The van der Waals surface area contributed by atoms with Crippen LogP contribution in [-0.2, 0) is 27.4 Å². The van der Waals surface area contributed by atoms with E-state index in [1.165, 1.54) is 19.1 Å². The van der Waals surface area contributed by atoms with Crippen molar-refractivity contribution < 1.29 is 29.3 Å². The van der Waals surface area contributed by atoms with Crippen LogP contribution in [-0.4, -0.2) is 46.3 Å².